The molecule has 0 saturated heterocycles. The average molecular weight is 213 g/mol. The van der Waals surface area contributed by atoms with Crippen molar-refractivity contribution in [2.75, 3.05) is 13.2 Å². The first kappa shape index (κ1) is 11.7. The van der Waals surface area contributed by atoms with Gasteiger partial charge in [0.1, 0.15) is 0 Å². The number of nitrogens with two attached hydrogens (primary N) is 1. The van der Waals surface area contributed by atoms with Crippen molar-refractivity contribution in [3.63, 3.8) is 0 Å². The highest BCUT2D eigenvalue weighted by Gasteiger charge is 2.41. The second-order valence-corrected chi connectivity index (χ2v) is 3.15. The molecule has 0 aromatic carbocycles. The van der Waals surface area contributed by atoms with Crippen LogP contribution in [0.3, 0.4) is 0 Å². The molecular formula is C9H15N3O3. The molecule has 1 atom stereocenters. The van der Waals surface area contributed by atoms with E-state index in [2.05, 4.69) is 4.98 Å². The van der Waals surface area contributed by atoms with Crippen LogP contribution in [0.2, 0.25) is 0 Å². The molecule has 0 aliphatic rings. The normalized spacial score (nSPS) is 14.7. The summed E-state index contributed by atoms with van der Waals surface area (Å²) in [5.41, 5.74) is 3.53. The number of carbonyl (C=O) groups is 1. The van der Waals surface area contributed by atoms with Gasteiger partial charge in [-0.2, -0.15) is 0 Å². The molecular weight excluding hydrogens is 198 g/mol. The van der Waals surface area contributed by atoms with Crippen LogP contribution in [0.1, 0.15) is 12.7 Å². The minimum Gasteiger partial charge on any atom is -0.463 e. The number of esters is 1. The van der Waals surface area contributed by atoms with Crippen LogP contribution < -0.4 is 5.73 Å². The quantitative estimate of drug-likeness (QED) is 0.634. The lowest BCUT2D eigenvalue weighted by molar-refractivity contribution is -0.166. The third-order valence-electron chi connectivity index (χ3n) is 2.10. The summed E-state index contributed by atoms with van der Waals surface area (Å²) >= 11 is 0. The SMILES string of the molecule is CCOC(=O)C(O)(CN)c1nccn1C. The number of carbonyl (C=O) groups excluding carboxylic acids is 1. The first-order chi connectivity index (χ1) is 7.06. The number of hydrogen-bond donors (Lipinski definition) is 2. The molecule has 15 heavy (non-hydrogen) atoms. The summed E-state index contributed by atoms with van der Waals surface area (Å²) in [6.07, 6.45) is 3.10. The minimum atomic E-state index is -1.87. The molecule has 0 fully saturated rings. The van der Waals surface area contributed by atoms with Crippen molar-refractivity contribution in [3.05, 3.63) is 18.2 Å². The van der Waals surface area contributed by atoms with Crippen molar-refractivity contribution in [2.45, 2.75) is 12.5 Å². The minimum absolute atomic E-state index is 0.184. The fraction of sp³-hybridized carbons (Fsp3) is 0.556. The standard InChI is InChI=1S/C9H15N3O3/c1-3-15-8(13)9(14,6-10)7-11-4-5-12(7)2/h4-5,14H,3,6,10H2,1-2H3. The summed E-state index contributed by atoms with van der Waals surface area (Å²) in [7, 11) is 1.67. The summed E-state index contributed by atoms with van der Waals surface area (Å²) < 4.78 is 6.29. The predicted molar refractivity (Wildman–Crippen MR) is 52.8 cm³/mol. The molecule has 0 aliphatic carbocycles. The zero-order chi connectivity index (χ0) is 11.5. The Hall–Kier alpha value is -1.40. The highest BCUT2D eigenvalue weighted by Crippen LogP contribution is 2.19. The van der Waals surface area contributed by atoms with E-state index in [1.165, 1.54) is 10.8 Å². The Balaban J connectivity index is 3.05. The van der Waals surface area contributed by atoms with Gasteiger partial charge in [-0.3, -0.25) is 0 Å². The van der Waals surface area contributed by atoms with Crippen LogP contribution in [0.25, 0.3) is 0 Å². The molecule has 0 saturated carbocycles. The van der Waals surface area contributed by atoms with Crippen LogP contribution in [0, 0.1) is 0 Å². The molecule has 1 unspecified atom stereocenters. The molecule has 6 heteroatoms. The zero-order valence-electron chi connectivity index (χ0n) is 8.80. The van der Waals surface area contributed by atoms with Crippen molar-refractivity contribution >= 4 is 5.97 Å². The number of hydrogen-bond acceptors (Lipinski definition) is 5. The van der Waals surface area contributed by atoms with E-state index in [1.54, 1.807) is 20.2 Å². The van der Waals surface area contributed by atoms with Crippen LogP contribution in [-0.4, -0.2) is 33.8 Å². The molecule has 3 N–H and O–H groups in total. The van der Waals surface area contributed by atoms with E-state index in [4.69, 9.17) is 10.5 Å². The van der Waals surface area contributed by atoms with Crippen LogP contribution >= 0.6 is 0 Å². The van der Waals surface area contributed by atoms with E-state index >= 15 is 0 Å². The summed E-state index contributed by atoms with van der Waals surface area (Å²) in [5, 5.41) is 10.1. The summed E-state index contributed by atoms with van der Waals surface area (Å²) in [4.78, 5) is 15.4. The lowest BCUT2D eigenvalue weighted by Crippen LogP contribution is -2.46. The molecule has 0 bridgehead atoms. The lowest BCUT2D eigenvalue weighted by Gasteiger charge is -2.23. The van der Waals surface area contributed by atoms with Crippen LogP contribution in [0.5, 0.6) is 0 Å². The van der Waals surface area contributed by atoms with Gasteiger partial charge in [0.2, 0.25) is 5.60 Å². The topological polar surface area (TPSA) is 90.4 Å². The molecule has 0 spiro atoms. The lowest BCUT2D eigenvalue weighted by atomic mass is 10.0. The van der Waals surface area contributed by atoms with E-state index in [0.717, 1.165) is 0 Å². The number of aliphatic hydroxyl groups is 1. The summed E-state index contributed by atoms with van der Waals surface area (Å²) in [6.45, 7) is 1.58. The second kappa shape index (κ2) is 4.41. The van der Waals surface area contributed by atoms with Gasteiger partial charge in [0.05, 0.1) is 6.61 Å². The maximum absolute atomic E-state index is 11.5. The first-order valence-corrected chi connectivity index (χ1v) is 4.63. The fourth-order valence-electron chi connectivity index (χ4n) is 1.28. The van der Waals surface area contributed by atoms with Gasteiger partial charge in [0, 0.05) is 26.0 Å². The predicted octanol–water partition coefficient (Wildman–Crippen LogP) is -0.870. The molecule has 1 aromatic rings. The van der Waals surface area contributed by atoms with E-state index in [-0.39, 0.29) is 19.0 Å². The number of aryl methyl sites for hydroxylation is 1. The van der Waals surface area contributed by atoms with Crippen LogP contribution in [0.4, 0.5) is 0 Å². The Morgan fingerprint density at radius 3 is 2.87 bits per heavy atom. The third-order valence-corrected chi connectivity index (χ3v) is 2.10. The highest BCUT2D eigenvalue weighted by atomic mass is 16.5. The van der Waals surface area contributed by atoms with Gasteiger partial charge < -0.3 is 20.1 Å². The molecule has 1 heterocycles. The largest absolute Gasteiger partial charge is 0.463 e. The van der Waals surface area contributed by atoms with E-state index in [0.29, 0.717) is 0 Å². The third kappa shape index (κ3) is 2.00. The Kier molecular flexibility index (Phi) is 3.43. The molecule has 0 amide bonds. The van der Waals surface area contributed by atoms with Crippen molar-refractivity contribution in [3.8, 4) is 0 Å². The van der Waals surface area contributed by atoms with Crippen LogP contribution in [-0.2, 0) is 22.2 Å². The number of rotatable bonds is 4. The number of ether oxygens (including phenoxy) is 1. The van der Waals surface area contributed by atoms with Crippen molar-refractivity contribution in [1.29, 1.82) is 0 Å². The zero-order valence-corrected chi connectivity index (χ0v) is 8.80. The Bertz CT molecular complexity index is 350. The highest BCUT2D eigenvalue weighted by molar-refractivity contribution is 5.80. The van der Waals surface area contributed by atoms with Crippen LogP contribution in [0.15, 0.2) is 12.4 Å². The fourth-order valence-corrected chi connectivity index (χ4v) is 1.28. The summed E-state index contributed by atoms with van der Waals surface area (Å²) in [6, 6.07) is 0. The molecule has 6 nitrogen and oxygen atoms in total. The van der Waals surface area contributed by atoms with Gasteiger partial charge in [-0.1, -0.05) is 0 Å². The smallest absolute Gasteiger partial charge is 0.347 e. The van der Waals surface area contributed by atoms with Gasteiger partial charge >= 0.3 is 5.97 Å². The maximum atomic E-state index is 11.5. The van der Waals surface area contributed by atoms with Gasteiger partial charge in [0.15, 0.2) is 5.82 Å². The molecule has 0 aliphatic heterocycles. The summed E-state index contributed by atoms with van der Waals surface area (Å²) in [5.74, 6) is -0.592. The Labute approximate surface area is 87.7 Å². The number of aromatic nitrogens is 2. The van der Waals surface area contributed by atoms with Crippen molar-refractivity contribution in [1.82, 2.24) is 9.55 Å². The van der Waals surface area contributed by atoms with Gasteiger partial charge in [-0.05, 0) is 6.92 Å². The van der Waals surface area contributed by atoms with Gasteiger partial charge in [0.25, 0.3) is 0 Å². The second-order valence-electron chi connectivity index (χ2n) is 3.15. The Morgan fingerprint density at radius 1 is 1.80 bits per heavy atom. The molecule has 1 rings (SSSR count). The average Bonchev–Trinajstić information content (AvgIpc) is 2.64. The molecule has 1 aromatic heterocycles. The van der Waals surface area contributed by atoms with E-state index in [1.807, 2.05) is 0 Å². The number of nitrogens with zero attached hydrogens (tertiary/aromatic N) is 2. The van der Waals surface area contributed by atoms with E-state index in [9.17, 15) is 9.90 Å². The van der Waals surface area contributed by atoms with Crippen molar-refractivity contribution < 1.29 is 14.6 Å². The van der Waals surface area contributed by atoms with Crippen molar-refractivity contribution in [2.24, 2.45) is 12.8 Å². The maximum Gasteiger partial charge on any atom is 0.347 e. The van der Waals surface area contributed by atoms with Gasteiger partial charge in [-0.15, -0.1) is 0 Å². The van der Waals surface area contributed by atoms with Gasteiger partial charge in [-0.25, -0.2) is 9.78 Å². The van der Waals surface area contributed by atoms with E-state index < -0.39 is 11.6 Å². The number of imidazole rings is 1. The monoisotopic (exact) mass is 213 g/mol. The molecule has 84 valence electrons. The Morgan fingerprint density at radius 2 is 2.47 bits per heavy atom. The molecule has 0 radical (unpaired) electrons. The first-order valence-electron chi connectivity index (χ1n) is 4.63.